The molecule has 0 radical (unpaired) electrons. The highest BCUT2D eigenvalue weighted by molar-refractivity contribution is 7.64. The maximum Gasteiger partial charge on any atom is 0.0639 e. The van der Waals surface area contributed by atoms with E-state index in [2.05, 4.69) is 41.5 Å². The summed E-state index contributed by atoms with van der Waals surface area (Å²) < 4.78 is 0. The van der Waals surface area contributed by atoms with Gasteiger partial charge in [-0.1, -0.05) is 38.3 Å². The van der Waals surface area contributed by atoms with Crippen LogP contribution in [0, 0.1) is 0 Å². The van der Waals surface area contributed by atoms with Gasteiger partial charge < -0.3 is 5.73 Å². The first-order valence-corrected chi connectivity index (χ1v) is 9.02. The molecule has 0 fully saturated rings. The molecule has 0 unspecified atom stereocenters. The van der Waals surface area contributed by atoms with Gasteiger partial charge in [-0.15, -0.1) is 0 Å². The van der Waals surface area contributed by atoms with E-state index in [1.165, 1.54) is 10.9 Å². The van der Waals surface area contributed by atoms with Crippen LogP contribution in [0.4, 0.5) is 0 Å². The van der Waals surface area contributed by atoms with Gasteiger partial charge in [-0.25, -0.2) is 0 Å². The summed E-state index contributed by atoms with van der Waals surface area (Å²) in [6, 6.07) is 12.3. The second kappa shape index (κ2) is 7.70. The molecule has 0 saturated carbocycles. The minimum Gasteiger partial charge on any atom is -0.404 e. The van der Waals surface area contributed by atoms with Crippen molar-refractivity contribution in [3.8, 4) is 0 Å². The first-order valence-electron chi connectivity index (χ1n) is 6.79. The van der Waals surface area contributed by atoms with Gasteiger partial charge >= 0.3 is 0 Å². The summed E-state index contributed by atoms with van der Waals surface area (Å²) in [5, 5.41) is 1.26. The lowest BCUT2D eigenvalue weighted by atomic mass is 10.1. The van der Waals surface area contributed by atoms with Crippen LogP contribution in [0.5, 0.6) is 0 Å². The molecule has 0 spiro atoms. The summed E-state index contributed by atoms with van der Waals surface area (Å²) in [5.74, 6) is 0. The summed E-state index contributed by atoms with van der Waals surface area (Å²) in [5.41, 5.74) is 8.83. The zero-order chi connectivity index (χ0) is 15.1. The van der Waals surface area contributed by atoms with E-state index in [4.69, 9.17) is 5.73 Å². The zero-order valence-electron chi connectivity index (χ0n) is 12.4. The molecule has 0 aliphatic rings. The molecule has 2 aromatic rings. The van der Waals surface area contributed by atoms with Crippen molar-refractivity contribution in [1.29, 1.82) is 0 Å². The fourth-order valence-electron chi connectivity index (χ4n) is 1.88. The molecule has 0 atom stereocenters. The summed E-state index contributed by atoms with van der Waals surface area (Å²) >= 11 is 0. The molecule has 108 valence electrons. The molecule has 0 amide bonds. The molecule has 2 N–H and O–H groups in total. The quantitative estimate of drug-likeness (QED) is 0.681. The Balaban J connectivity index is 2.12. The number of aromatic nitrogens is 1. The highest BCUT2D eigenvalue weighted by Crippen LogP contribution is 2.24. The third kappa shape index (κ3) is 4.51. The number of hydrogen-bond acceptors (Lipinski definition) is 3. The average Bonchev–Trinajstić information content (AvgIpc) is 2.52. The number of allylic oxidation sites excluding steroid dienone is 1. The van der Waals surface area contributed by atoms with Crippen molar-refractivity contribution in [1.82, 2.24) is 4.98 Å². The number of aliphatic imine (C=N–C) groups is 1. The Morgan fingerprint density at radius 3 is 2.67 bits per heavy atom. The largest absolute Gasteiger partial charge is 0.404 e. The van der Waals surface area contributed by atoms with Gasteiger partial charge in [-0.3, -0.25) is 9.98 Å². The molecule has 0 aliphatic carbocycles. The molecular weight excluding hydrogens is 277 g/mol. The summed E-state index contributed by atoms with van der Waals surface area (Å²) in [4.78, 5) is 8.77. The Morgan fingerprint density at radius 2 is 2.00 bits per heavy atom. The van der Waals surface area contributed by atoms with Crippen LogP contribution >= 0.6 is 7.92 Å². The number of rotatable bonds is 5. The standard InChI is InChI=1S/C17H20N3P/c1-21(2)17-8-15(11-20-13-17)16(9-18)12-19-10-14-6-4-3-5-7-14/h3-9,11-13H,10,18H2,1-2H3/b16-9+,19-12?. The Morgan fingerprint density at radius 1 is 1.24 bits per heavy atom. The molecule has 0 bridgehead atoms. The van der Waals surface area contributed by atoms with Gasteiger partial charge in [0.25, 0.3) is 0 Å². The van der Waals surface area contributed by atoms with Gasteiger partial charge in [0.15, 0.2) is 0 Å². The van der Waals surface area contributed by atoms with Crippen molar-refractivity contribution in [2.75, 3.05) is 13.3 Å². The first kappa shape index (κ1) is 15.4. The van der Waals surface area contributed by atoms with Crippen molar-refractivity contribution in [2.45, 2.75) is 6.54 Å². The van der Waals surface area contributed by atoms with Crippen LogP contribution in [0.25, 0.3) is 5.57 Å². The second-order valence-corrected chi connectivity index (χ2v) is 7.21. The molecule has 0 aliphatic heterocycles. The number of hydrogen-bond donors (Lipinski definition) is 1. The minimum atomic E-state index is -0.166. The van der Waals surface area contributed by atoms with E-state index < -0.39 is 0 Å². The Labute approximate surface area is 127 Å². The van der Waals surface area contributed by atoms with Crippen molar-refractivity contribution in [3.05, 3.63) is 66.1 Å². The van der Waals surface area contributed by atoms with Crippen LogP contribution < -0.4 is 11.0 Å². The number of nitrogens with two attached hydrogens (primary N) is 1. The van der Waals surface area contributed by atoms with Crippen LogP contribution in [0.15, 0.2) is 60.0 Å². The molecule has 3 nitrogen and oxygen atoms in total. The van der Waals surface area contributed by atoms with Gasteiger partial charge in [0.1, 0.15) is 0 Å². The smallest absolute Gasteiger partial charge is 0.0639 e. The summed E-state index contributed by atoms with van der Waals surface area (Å²) in [7, 11) is -0.166. The van der Waals surface area contributed by atoms with Gasteiger partial charge in [-0.05, 0) is 30.3 Å². The highest BCUT2D eigenvalue weighted by Gasteiger charge is 2.03. The van der Waals surface area contributed by atoms with E-state index >= 15 is 0 Å². The van der Waals surface area contributed by atoms with Crippen LogP contribution in [-0.4, -0.2) is 24.5 Å². The number of pyridine rings is 1. The molecule has 21 heavy (non-hydrogen) atoms. The topological polar surface area (TPSA) is 51.3 Å². The summed E-state index contributed by atoms with van der Waals surface area (Å²) in [6.45, 7) is 5.08. The monoisotopic (exact) mass is 297 g/mol. The SMILES string of the molecule is CP(C)c1cncc(/C(C=NCc2ccccc2)=C/N)c1. The number of nitrogens with zero attached hydrogens (tertiary/aromatic N) is 2. The molecule has 0 saturated heterocycles. The van der Waals surface area contributed by atoms with Crippen LogP contribution in [0.2, 0.25) is 0 Å². The van der Waals surface area contributed by atoms with Gasteiger partial charge in [0, 0.05) is 35.9 Å². The van der Waals surface area contributed by atoms with Crippen molar-refractivity contribution in [3.63, 3.8) is 0 Å². The van der Waals surface area contributed by atoms with Crippen molar-refractivity contribution >= 4 is 25.0 Å². The van der Waals surface area contributed by atoms with Crippen LogP contribution in [0.1, 0.15) is 11.1 Å². The average molecular weight is 297 g/mol. The lowest BCUT2D eigenvalue weighted by molar-refractivity contribution is 1.08. The predicted molar refractivity (Wildman–Crippen MR) is 93.4 cm³/mol. The van der Waals surface area contributed by atoms with Crippen LogP contribution in [-0.2, 0) is 6.54 Å². The molecule has 1 heterocycles. The summed E-state index contributed by atoms with van der Waals surface area (Å²) in [6.07, 6.45) is 7.16. The van der Waals surface area contributed by atoms with Gasteiger partial charge in [-0.2, -0.15) is 0 Å². The Bertz CT molecular complexity index is 633. The Hall–Kier alpha value is -1.99. The molecule has 4 heteroatoms. The third-order valence-electron chi connectivity index (χ3n) is 3.10. The van der Waals surface area contributed by atoms with Crippen LogP contribution in [0.3, 0.4) is 0 Å². The maximum atomic E-state index is 5.73. The van der Waals surface area contributed by atoms with E-state index in [1.54, 1.807) is 6.20 Å². The molecule has 1 aromatic heterocycles. The van der Waals surface area contributed by atoms with Gasteiger partial charge in [0.05, 0.1) is 6.54 Å². The van der Waals surface area contributed by atoms with Crippen molar-refractivity contribution < 1.29 is 0 Å². The van der Waals surface area contributed by atoms with E-state index in [0.29, 0.717) is 6.54 Å². The van der Waals surface area contributed by atoms with E-state index in [-0.39, 0.29) is 7.92 Å². The first-order chi connectivity index (χ1) is 10.2. The molecule has 2 rings (SSSR count). The lowest BCUT2D eigenvalue weighted by Crippen LogP contribution is -2.03. The van der Waals surface area contributed by atoms with E-state index in [1.807, 2.05) is 36.8 Å². The maximum absolute atomic E-state index is 5.73. The molecular formula is C17H20N3P. The Kier molecular flexibility index (Phi) is 5.65. The van der Waals surface area contributed by atoms with E-state index in [9.17, 15) is 0 Å². The highest BCUT2D eigenvalue weighted by atomic mass is 31.1. The normalized spacial score (nSPS) is 12.2. The van der Waals surface area contributed by atoms with Crippen molar-refractivity contribution in [2.24, 2.45) is 10.7 Å². The second-order valence-electron chi connectivity index (χ2n) is 4.90. The third-order valence-corrected chi connectivity index (χ3v) is 4.38. The predicted octanol–water partition coefficient (Wildman–Crippen LogP) is 3.02. The lowest BCUT2D eigenvalue weighted by Gasteiger charge is -2.08. The number of benzene rings is 1. The molecule has 1 aromatic carbocycles. The van der Waals surface area contributed by atoms with Gasteiger partial charge in [0.2, 0.25) is 0 Å². The van der Waals surface area contributed by atoms with E-state index in [0.717, 1.165) is 11.1 Å². The minimum absolute atomic E-state index is 0.166. The zero-order valence-corrected chi connectivity index (χ0v) is 13.3. The fraction of sp³-hybridized carbons (Fsp3) is 0.176. The fourth-order valence-corrected chi connectivity index (χ4v) is 2.57.